The Hall–Kier alpha value is -2.44. The van der Waals surface area contributed by atoms with Crippen molar-refractivity contribution >= 4 is 11.7 Å². The maximum Gasteiger partial charge on any atom is 0.272 e. The molecule has 1 atom stereocenters. The van der Waals surface area contributed by atoms with Crippen LogP contribution in [0, 0.1) is 0 Å². The van der Waals surface area contributed by atoms with Crippen LogP contribution >= 0.6 is 0 Å². The number of carbonyl (C=O) groups excluding carboxylic acids is 1. The van der Waals surface area contributed by atoms with Crippen molar-refractivity contribution in [3.63, 3.8) is 0 Å². The quantitative estimate of drug-likeness (QED) is 0.922. The lowest BCUT2D eigenvalue weighted by atomic mass is 10.2. The fourth-order valence-corrected chi connectivity index (χ4v) is 3.67. The van der Waals surface area contributed by atoms with E-state index in [1.807, 2.05) is 11.8 Å². The van der Waals surface area contributed by atoms with Crippen molar-refractivity contribution in [2.45, 2.75) is 45.2 Å². The van der Waals surface area contributed by atoms with Crippen LogP contribution in [-0.2, 0) is 19.4 Å². The Morgan fingerprint density at radius 1 is 1.38 bits per heavy atom. The van der Waals surface area contributed by atoms with Crippen LogP contribution in [0.1, 0.15) is 41.5 Å². The van der Waals surface area contributed by atoms with Gasteiger partial charge in [-0.25, -0.2) is 9.97 Å². The van der Waals surface area contributed by atoms with E-state index in [-0.39, 0.29) is 11.9 Å². The van der Waals surface area contributed by atoms with Gasteiger partial charge in [-0.05, 0) is 38.7 Å². The Morgan fingerprint density at radius 3 is 3.17 bits per heavy atom. The van der Waals surface area contributed by atoms with E-state index in [1.54, 1.807) is 23.3 Å². The van der Waals surface area contributed by atoms with Crippen molar-refractivity contribution in [3.05, 3.63) is 35.5 Å². The molecule has 0 spiro atoms. The first-order chi connectivity index (χ1) is 11.8. The minimum atomic E-state index is 0.0616. The van der Waals surface area contributed by atoms with Gasteiger partial charge in [0, 0.05) is 43.1 Å². The summed E-state index contributed by atoms with van der Waals surface area (Å²) in [6.07, 6.45) is 7.51. The summed E-state index contributed by atoms with van der Waals surface area (Å²) in [5, 5.41) is 7.72. The maximum atomic E-state index is 12.7. The first-order valence-electron chi connectivity index (χ1n) is 8.66. The van der Waals surface area contributed by atoms with Gasteiger partial charge in [0.1, 0.15) is 17.8 Å². The van der Waals surface area contributed by atoms with Crippen LogP contribution in [-0.4, -0.2) is 49.7 Å². The molecule has 126 valence electrons. The fraction of sp³-hybridized carbons (Fsp3) is 0.529. The molecule has 0 saturated carbocycles. The number of carbonyl (C=O) groups is 1. The summed E-state index contributed by atoms with van der Waals surface area (Å²) in [6.45, 7) is 4.16. The molecule has 1 aliphatic carbocycles. The van der Waals surface area contributed by atoms with Gasteiger partial charge in [-0.2, -0.15) is 5.10 Å². The maximum absolute atomic E-state index is 12.7. The highest BCUT2D eigenvalue weighted by Gasteiger charge is 2.29. The Morgan fingerprint density at radius 2 is 2.29 bits per heavy atom. The zero-order chi connectivity index (χ0) is 16.5. The molecule has 1 aliphatic heterocycles. The van der Waals surface area contributed by atoms with Crippen molar-refractivity contribution in [2.24, 2.45) is 0 Å². The standard InChI is InChI=1S/C17H22N6O/c1-2-23-15(6-8-20-23)17(24)22-9-7-12(10-22)21-16-13-4-3-5-14(13)18-11-19-16/h6,8,11-12H,2-5,7,9-10H2,1H3,(H,18,19,21). The molecule has 0 aromatic carbocycles. The van der Waals surface area contributed by atoms with E-state index in [0.717, 1.165) is 38.0 Å². The van der Waals surface area contributed by atoms with Crippen LogP contribution in [0.5, 0.6) is 0 Å². The number of nitrogens with one attached hydrogen (secondary N) is 1. The second-order valence-electron chi connectivity index (χ2n) is 6.41. The highest BCUT2D eigenvalue weighted by atomic mass is 16.2. The third-order valence-electron chi connectivity index (χ3n) is 4.93. The summed E-state index contributed by atoms with van der Waals surface area (Å²) in [5.41, 5.74) is 3.10. The molecular formula is C17H22N6O. The molecule has 2 aromatic rings. The number of amides is 1. The lowest BCUT2D eigenvalue weighted by molar-refractivity contribution is 0.0779. The van der Waals surface area contributed by atoms with E-state index in [0.29, 0.717) is 18.8 Å². The number of hydrogen-bond acceptors (Lipinski definition) is 5. The van der Waals surface area contributed by atoms with Crippen LogP contribution in [0.3, 0.4) is 0 Å². The molecule has 7 nitrogen and oxygen atoms in total. The summed E-state index contributed by atoms with van der Waals surface area (Å²) < 4.78 is 1.75. The fourth-order valence-electron chi connectivity index (χ4n) is 3.67. The summed E-state index contributed by atoms with van der Waals surface area (Å²) >= 11 is 0. The summed E-state index contributed by atoms with van der Waals surface area (Å²) in [6, 6.07) is 2.04. The van der Waals surface area contributed by atoms with Crippen LogP contribution < -0.4 is 5.32 Å². The SMILES string of the molecule is CCn1nccc1C(=O)N1CCC(Nc2ncnc3c2CCC3)C1. The number of nitrogens with zero attached hydrogens (tertiary/aromatic N) is 5. The van der Waals surface area contributed by atoms with Gasteiger partial charge in [0.15, 0.2) is 0 Å². The van der Waals surface area contributed by atoms with Crippen molar-refractivity contribution < 1.29 is 4.79 Å². The monoisotopic (exact) mass is 326 g/mol. The highest BCUT2D eigenvalue weighted by molar-refractivity contribution is 5.92. The van der Waals surface area contributed by atoms with Gasteiger partial charge in [0.25, 0.3) is 5.91 Å². The molecule has 7 heteroatoms. The predicted molar refractivity (Wildman–Crippen MR) is 89.9 cm³/mol. The topological polar surface area (TPSA) is 75.9 Å². The van der Waals surface area contributed by atoms with Crippen molar-refractivity contribution in [1.82, 2.24) is 24.6 Å². The van der Waals surface area contributed by atoms with Gasteiger partial charge in [-0.15, -0.1) is 0 Å². The molecule has 1 N–H and O–H groups in total. The van der Waals surface area contributed by atoms with E-state index in [4.69, 9.17) is 0 Å². The largest absolute Gasteiger partial charge is 0.365 e. The molecule has 1 unspecified atom stereocenters. The average molecular weight is 326 g/mol. The van der Waals surface area contributed by atoms with Crippen LogP contribution in [0.15, 0.2) is 18.6 Å². The number of hydrogen-bond donors (Lipinski definition) is 1. The smallest absolute Gasteiger partial charge is 0.272 e. The minimum absolute atomic E-state index is 0.0616. The molecule has 1 saturated heterocycles. The van der Waals surface area contributed by atoms with Gasteiger partial charge in [-0.1, -0.05) is 0 Å². The number of aryl methyl sites for hydroxylation is 2. The molecule has 2 aliphatic rings. The number of rotatable bonds is 4. The molecule has 1 amide bonds. The Kier molecular flexibility index (Phi) is 3.92. The lowest BCUT2D eigenvalue weighted by Crippen LogP contribution is -2.33. The molecule has 1 fully saturated rings. The highest BCUT2D eigenvalue weighted by Crippen LogP contribution is 2.26. The third kappa shape index (κ3) is 2.64. The predicted octanol–water partition coefficient (Wildman–Crippen LogP) is 1.51. The molecule has 2 aromatic heterocycles. The second-order valence-corrected chi connectivity index (χ2v) is 6.41. The van der Waals surface area contributed by atoms with Crippen molar-refractivity contribution in [2.75, 3.05) is 18.4 Å². The second kappa shape index (κ2) is 6.22. The number of likely N-dealkylation sites (tertiary alicyclic amines) is 1. The van der Waals surface area contributed by atoms with E-state index in [2.05, 4.69) is 20.4 Å². The Bertz CT molecular complexity index is 755. The Balaban J connectivity index is 1.44. The van der Waals surface area contributed by atoms with Gasteiger partial charge in [0.2, 0.25) is 0 Å². The first kappa shape index (κ1) is 15.1. The van der Waals surface area contributed by atoms with Gasteiger partial charge < -0.3 is 10.2 Å². The van der Waals surface area contributed by atoms with Crippen molar-refractivity contribution in [3.8, 4) is 0 Å². The van der Waals surface area contributed by atoms with Gasteiger partial charge in [0.05, 0.1) is 0 Å². The van der Waals surface area contributed by atoms with E-state index < -0.39 is 0 Å². The number of anilines is 1. The summed E-state index contributed by atoms with van der Waals surface area (Å²) in [4.78, 5) is 23.4. The summed E-state index contributed by atoms with van der Waals surface area (Å²) in [5.74, 6) is 1.02. The zero-order valence-corrected chi connectivity index (χ0v) is 13.9. The molecule has 3 heterocycles. The number of fused-ring (bicyclic) bond motifs is 1. The zero-order valence-electron chi connectivity index (χ0n) is 13.9. The Labute approximate surface area is 141 Å². The van der Waals surface area contributed by atoms with Crippen LogP contribution in [0.25, 0.3) is 0 Å². The van der Waals surface area contributed by atoms with Crippen molar-refractivity contribution in [1.29, 1.82) is 0 Å². The summed E-state index contributed by atoms with van der Waals surface area (Å²) in [7, 11) is 0. The van der Waals surface area contributed by atoms with Gasteiger partial charge in [-0.3, -0.25) is 9.48 Å². The van der Waals surface area contributed by atoms with Gasteiger partial charge >= 0.3 is 0 Å². The molecule has 0 radical (unpaired) electrons. The van der Waals surface area contributed by atoms with Crippen LogP contribution in [0.2, 0.25) is 0 Å². The number of aromatic nitrogens is 4. The van der Waals surface area contributed by atoms with Crippen LogP contribution in [0.4, 0.5) is 5.82 Å². The average Bonchev–Trinajstić information content (AvgIpc) is 3.34. The van der Waals surface area contributed by atoms with E-state index >= 15 is 0 Å². The lowest BCUT2D eigenvalue weighted by Gasteiger charge is -2.18. The van der Waals surface area contributed by atoms with E-state index in [1.165, 1.54) is 11.3 Å². The third-order valence-corrected chi connectivity index (χ3v) is 4.93. The molecule has 4 rings (SSSR count). The normalized spacial score (nSPS) is 19.5. The molecular weight excluding hydrogens is 304 g/mol. The van der Waals surface area contributed by atoms with E-state index in [9.17, 15) is 4.79 Å². The molecule has 24 heavy (non-hydrogen) atoms. The first-order valence-corrected chi connectivity index (χ1v) is 8.66. The molecule has 0 bridgehead atoms. The minimum Gasteiger partial charge on any atom is -0.365 e.